The molecule has 2 aliphatic heterocycles. The lowest BCUT2D eigenvalue weighted by Gasteiger charge is -2.28. The molecule has 0 bridgehead atoms. The zero-order chi connectivity index (χ0) is 17.8. The predicted molar refractivity (Wildman–Crippen MR) is 102 cm³/mol. The number of morpholine rings is 1. The molecule has 4 rings (SSSR count). The Morgan fingerprint density at radius 2 is 1.77 bits per heavy atom. The zero-order valence-corrected chi connectivity index (χ0v) is 14.4. The second-order valence-corrected chi connectivity index (χ2v) is 6.16. The second kappa shape index (κ2) is 7.45. The van der Waals surface area contributed by atoms with Crippen LogP contribution in [0.15, 0.2) is 66.4 Å². The molecule has 1 N–H and O–H groups in total. The van der Waals surface area contributed by atoms with Gasteiger partial charge in [0.05, 0.1) is 19.5 Å². The SMILES string of the molecule is O=C(Nc1ccc(N2CCOCC2)cc1)C1=Cc2ccccc2OC=C1. The van der Waals surface area contributed by atoms with Crippen molar-refractivity contribution in [3.63, 3.8) is 0 Å². The Bertz CT molecular complexity index is 850. The first-order valence-electron chi connectivity index (χ1n) is 8.68. The third-order valence-corrected chi connectivity index (χ3v) is 4.44. The Morgan fingerprint density at radius 1 is 1.00 bits per heavy atom. The van der Waals surface area contributed by atoms with E-state index in [1.54, 1.807) is 12.3 Å². The molecular weight excluding hydrogens is 328 g/mol. The maximum atomic E-state index is 12.6. The van der Waals surface area contributed by atoms with Crippen molar-refractivity contribution in [2.75, 3.05) is 36.5 Å². The van der Waals surface area contributed by atoms with Gasteiger partial charge in [-0.25, -0.2) is 0 Å². The van der Waals surface area contributed by atoms with Crippen LogP contribution in [0.25, 0.3) is 6.08 Å². The lowest BCUT2D eigenvalue weighted by Crippen LogP contribution is -2.36. The van der Waals surface area contributed by atoms with Crippen molar-refractivity contribution in [3.8, 4) is 5.75 Å². The molecule has 1 saturated heterocycles. The minimum atomic E-state index is -0.166. The Balaban J connectivity index is 1.47. The number of rotatable bonds is 3. The first-order valence-corrected chi connectivity index (χ1v) is 8.68. The summed E-state index contributed by atoms with van der Waals surface area (Å²) >= 11 is 0. The molecule has 0 radical (unpaired) electrons. The number of carbonyl (C=O) groups is 1. The third kappa shape index (κ3) is 3.63. The Morgan fingerprint density at radius 3 is 2.58 bits per heavy atom. The van der Waals surface area contributed by atoms with Crippen molar-refractivity contribution >= 4 is 23.4 Å². The van der Waals surface area contributed by atoms with E-state index in [0.717, 1.165) is 49.0 Å². The zero-order valence-electron chi connectivity index (χ0n) is 14.4. The van der Waals surface area contributed by atoms with E-state index in [1.165, 1.54) is 0 Å². The smallest absolute Gasteiger partial charge is 0.255 e. The van der Waals surface area contributed by atoms with Crippen molar-refractivity contribution in [2.24, 2.45) is 0 Å². The van der Waals surface area contributed by atoms with Gasteiger partial charge in [0.2, 0.25) is 0 Å². The van der Waals surface area contributed by atoms with E-state index in [0.29, 0.717) is 5.57 Å². The number of para-hydroxylation sites is 1. The molecule has 2 aromatic rings. The van der Waals surface area contributed by atoms with Gasteiger partial charge in [-0.3, -0.25) is 4.79 Å². The van der Waals surface area contributed by atoms with Crippen LogP contribution < -0.4 is 15.0 Å². The number of ether oxygens (including phenoxy) is 2. The van der Waals surface area contributed by atoms with Gasteiger partial charge in [-0.15, -0.1) is 0 Å². The van der Waals surface area contributed by atoms with Crippen LogP contribution in [-0.2, 0) is 9.53 Å². The van der Waals surface area contributed by atoms with Crippen LogP contribution in [0.3, 0.4) is 0 Å². The molecule has 5 heteroatoms. The molecule has 0 spiro atoms. The average Bonchev–Trinajstić information content (AvgIpc) is 2.92. The first kappa shape index (κ1) is 16.4. The standard InChI is InChI=1S/C21H20N2O3/c24-21(17-9-12-26-20-4-2-1-3-16(20)15-17)22-18-5-7-19(8-6-18)23-10-13-25-14-11-23/h1-9,12,15H,10-11,13-14H2,(H,22,24). The molecule has 0 aliphatic carbocycles. The molecule has 2 heterocycles. The minimum Gasteiger partial charge on any atom is -0.464 e. The Labute approximate surface area is 152 Å². The van der Waals surface area contributed by atoms with E-state index < -0.39 is 0 Å². The number of nitrogens with one attached hydrogen (secondary N) is 1. The molecule has 1 fully saturated rings. The van der Waals surface area contributed by atoms with Gasteiger partial charge in [0.1, 0.15) is 5.75 Å². The van der Waals surface area contributed by atoms with Gasteiger partial charge >= 0.3 is 0 Å². The summed E-state index contributed by atoms with van der Waals surface area (Å²) in [6, 6.07) is 15.5. The molecule has 0 saturated carbocycles. The number of benzene rings is 2. The highest BCUT2D eigenvalue weighted by Crippen LogP contribution is 2.25. The number of amides is 1. The summed E-state index contributed by atoms with van der Waals surface area (Å²) in [4.78, 5) is 14.9. The molecule has 132 valence electrons. The Kier molecular flexibility index (Phi) is 4.71. The monoisotopic (exact) mass is 348 g/mol. The molecule has 1 amide bonds. The van der Waals surface area contributed by atoms with Gasteiger partial charge in [-0.1, -0.05) is 18.2 Å². The van der Waals surface area contributed by atoms with Crippen molar-refractivity contribution in [2.45, 2.75) is 0 Å². The first-order chi connectivity index (χ1) is 12.8. The van der Waals surface area contributed by atoms with Crippen LogP contribution in [0.4, 0.5) is 11.4 Å². The van der Waals surface area contributed by atoms with Crippen LogP contribution in [0.2, 0.25) is 0 Å². The molecule has 2 aliphatic rings. The maximum Gasteiger partial charge on any atom is 0.255 e. The topological polar surface area (TPSA) is 50.8 Å². The highest BCUT2D eigenvalue weighted by molar-refractivity contribution is 6.09. The second-order valence-electron chi connectivity index (χ2n) is 6.16. The predicted octanol–water partition coefficient (Wildman–Crippen LogP) is 3.45. The van der Waals surface area contributed by atoms with Crippen LogP contribution in [0.1, 0.15) is 5.56 Å². The molecular formula is C21H20N2O3. The van der Waals surface area contributed by atoms with E-state index in [2.05, 4.69) is 10.2 Å². The average molecular weight is 348 g/mol. The van der Waals surface area contributed by atoms with Crippen molar-refractivity contribution in [1.82, 2.24) is 0 Å². The molecule has 0 atom stereocenters. The van der Waals surface area contributed by atoms with E-state index in [4.69, 9.17) is 9.47 Å². The fourth-order valence-corrected chi connectivity index (χ4v) is 3.03. The van der Waals surface area contributed by atoms with E-state index in [-0.39, 0.29) is 5.91 Å². The maximum absolute atomic E-state index is 12.6. The van der Waals surface area contributed by atoms with Crippen LogP contribution >= 0.6 is 0 Å². The van der Waals surface area contributed by atoms with Crippen LogP contribution in [0.5, 0.6) is 5.75 Å². The number of carbonyl (C=O) groups excluding carboxylic acids is 1. The molecule has 0 aromatic heterocycles. The lowest BCUT2D eigenvalue weighted by atomic mass is 10.1. The fraction of sp³-hybridized carbons (Fsp3) is 0.190. The Hall–Kier alpha value is -3.05. The molecule has 5 nitrogen and oxygen atoms in total. The lowest BCUT2D eigenvalue weighted by molar-refractivity contribution is -0.112. The summed E-state index contributed by atoms with van der Waals surface area (Å²) in [5, 5.41) is 2.94. The fourth-order valence-electron chi connectivity index (χ4n) is 3.03. The number of hydrogen-bond donors (Lipinski definition) is 1. The van der Waals surface area contributed by atoms with Crippen LogP contribution in [0, 0.1) is 0 Å². The number of anilines is 2. The van der Waals surface area contributed by atoms with Gasteiger partial charge in [0.25, 0.3) is 5.91 Å². The number of fused-ring (bicyclic) bond motifs is 1. The van der Waals surface area contributed by atoms with Crippen molar-refractivity contribution in [1.29, 1.82) is 0 Å². The van der Waals surface area contributed by atoms with E-state index in [9.17, 15) is 4.79 Å². The summed E-state index contributed by atoms with van der Waals surface area (Å²) in [6.45, 7) is 3.29. The van der Waals surface area contributed by atoms with Crippen molar-refractivity contribution < 1.29 is 14.3 Å². The van der Waals surface area contributed by atoms with Gasteiger partial charge in [0.15, 0.2) is 0 Å². The summed E-state index contributed by atoms with van der Waals surface area (Å²) in [5.41, 5.74) is 3.33. The molecule has 0 unspecified atom stereocenters. The highest BCUT2D eigenvalue weighted by Gasteiger charge is 2.13. The van der Waals surface area contributed by atoms with Gasteiger partial charge in [0, 0.05) is 35.6 Å². The number of hydrogen-bond acceptors (Lipinski definition) is 4. The van der Waals surface area contributed by atoms with E-state index in [1.807, 2.05) is 54.6 Å². The van der Waals surface area contributed by atoms with Gasteiger partial charge in [-0.2, -0.15) is 0 Å². The van der Waals surface area contributed by atoms with Gasteiger partial charge < -0.3 is 19.7 Å². The normalized spacial score (nSPS) is 16.2. The quantitative estimate of drug-likeness (QED) is 0.923. The minimum absolute atomic E-state index is 0.166. The largest absolute Gasteiger partial charge is 0.464 e. The van der Waals surface area contributed by atoms with Crippen LogP contribution in [-0.4, -0.2) is 32.2 Å². The summed E-state index contributed by atoms with van der Waals surface area (Å²) < 4.78 is 10.9. The molecule has 2 aromatic carbocycles. The highest BCUT2D eigenvalue weighted by atomic mass is 16.5. The third-order valence-electron chi connectivity index (χ3n) is 4.44. The number of nitrogens with zero attached hydrogens (tertiary/aromatic N) is 1. The van der Waals surface area contributed by atoms with Gasteiger partial charge in [-0.05, 0) is 42.5 Å². The van der Waals surface area contributed by atoms with Crippen molar-refractivity contribution in [3.05, 3.63) is 72.0 Å². The van der Waals surface area contributed by atoms with E-state index >= 15 is 0 Å². The summed E-state index contributed by atoms with van der Waals surface area (Å²) in [6.07, 6.45) is 5.05. The molecule has 26 heavy (non-hydrogen) atoms. The summed E-state index contributed by atoms with van der Waals surface area (Å²) in [5.74, 6) is 0.571. The summed E-state index contributed by atoms with van der Waals surface area (Å²) in [7, 11) is 0.